The molecule has 38 heavy (non-hydrogen) atoms. The monoisotopic (exact) mass is 606 g/mol. The molecule has 2 rings (SSSR count). The summed E-state index contributed by atoms with van der Waals surface area (Å²) >= 11 is 25.0. The van der Waals surface area contributed by atoms with Crippen LogP contribution in [-0.2, 0) is 38.1 Å². The predicted molar refractivity (Wildman–Crippen MR) is 143 cm³/mol. The van der Waals surface area contributed by atoms with Gasteiger partial charge in [0.2, 0.25) is 0 Å². The van der Waals surface area contributed by atoms with Crippen molar-refractivity contribution in [2.24, 2.45) is 11.8 Å². The van der Waals surface area contributed by atoms with Gasteiger partial charge in [-0.2, -0.15) is 0 Å². The zero-order valence-electron chi connectivity index (χ0n) is 21.1. The number of carbonyl (C=O) groups is 2. The lowest BCUT2D eigenvalue weighted by atomic mass is 10.0. The molecule has 0 aromatic rings. The van der Waals surface area contributed by atoms with E-state index in [1.807, 2.05) is 27.7 Å². The molecule has 0 aliphatic heterocycles. The Kier molecular flexibility index (Phi) is 12.2. The summed E-state index contributed by atoms with van der Waals surface area (Å²) in [5, 5.41) is -0.471. The van der Waals surface area contributed by atoms with Gasteiger partial charge in [0.1, 0.15) is 21.9 Å². The molecule has 2 aliphatic rings. The van der Waals surface area contributed by atoms with Crippen LogP contribution in [0.25, 0.3) is 0 Å². The van der Waals surface area contributed by atoms with E-state index in [9.17, 15) is 19.2 Å². The Bertz CT molecular complexity index is 1090. The van der Waals surface area contributed by atoms with Gasteiger partial charge in [-0.25, -0.2) is 19.2 Å². The molecule has 8 nitrogen and oxygen atoms in total. The number of hydrogen-bond acceptors (Lipinski definition) is 8. The highest BCUT2D eigenvalue weighted by Crippen LogP contribution is 2.37. The molecular formula is C26H26Cl4O8. The van der Waals surface area contributed by atoms with Crippen LogP contribution in [0.15, 0.2) is 54.9 Å². The van der Waals surface area contributed by atoms with Crippen molar-refractivity contribution in [2.45, 2.75) is 52.7 Å². The van der Waals surface area contributed by atoms with Gasteiger partial charge < -0.3 is 18.9 Å². The smallest absolute Gasteiger partial charge is 0.418 e. The van der Waals surface area contributed by atoms with E-state index >= 15 is 0 Å². The van der Waals surface area contributed by atoms with Crippen molar-refractivity contribution >= 4 is 70.2 Å². The SMILES string of the molecule is CC(C)CCOC1=C(Cl)C(OC(=O)C(=O)OC2C(=C=O)C=C(Cl)C(OCCC(C)C)=C2Cl)C(=C=O)C=C1Cl. The van der Waals surface area contributed by atoms with Crippen LogP contribution in [0.1, 0.15) is 40.5 Å². The van der Waals surface area contributed by atoms with Gasteiger partial charge in [0.25, 0.3) is 0 Å². The van der Waals surface area contributed by atoms with E-state index < -0.39 is 24.1 Å². The molecule has 0 aromatic heterocycles. The summed E-state index contributed by atoms with van der Waals surface area (Å²) in [6.45, 7) is 8.46. The molecule has 0 aromatic carbocycles. The average Bonchev–Trinajstić information content (AvgIpc) is 2.85. The Hall–Kier alpha value is -2.44. The highest BCUT2D eigenvalue weighted by Gasteiger charge is 2.37. The second kappa shape index (κ2) is 14.6. The van der Waals surface area contributed by atoms with Crippen LogP contribution < -0.4 is 0 Å². The molecule has 0 bridgehead atoms. The Morgan fingerprint density at radius 2 is 1.08 bits per heavy atom. The first-order valence-electron chi connectivity index (χ1n) is 11.6. The summed E-state index contributed by atoms with van der Waals surface area (Å²) in [6, 6.07) is 0. The molecule has 0 spiro atoms. The molecule has 0 N–H and O–H groups in total. The maximum atomic E-state index is 12.6. The Morgan fingerprint density at radius 3 is 1.37 bits per heavy atom. The minimum absolute atomic E-state index is 0.000491. The normalized spacial score (nSPS) is 19.6. The minimum atomic E-state index is -1.54. The molecule has 206 valence electrons. The number of ether oxygens (including phenoxy) is 4. The maximum absolute atomic E-state index is 12.6. The largest absolute Gasteiger partial charge is 0.491 e. The summed E-state index contributed by atoms with van der Waals surface area (Å²) in [4.78, 5) is 48.2. The standard InChI is InChI=1S/C26H26Cl4O8/c1-13(2)5-7-35-23-17(27)9-15(11-31)21(19(23)29)37-25(33)26(34)38-22-16(12-32)10-18(28)24(20(22)30)36-8-6-14(3)4/h9-10,13-14,21-22H,5-8H2,1-4H3. The van der Waals surface area contributed by atoms with E-state index in [0.717, 1.165) is 12.2 Å². The Labute approximate surface area is 240 Å². The van der Waals surface area contributed by atoms with E-state index in [4.69, 9.17) is 65.4 Å². The van der Waals surface area contributed by atoms with Crippen LogP contribution in [0.4, 0.5) is 0 Å². The zero-order chi connectivity index (χ0) is 28.6. The van der Waals surface area contributed by atoms with E-state index in [1.165, 1.54) is 0 Å². The van der Waals surface area contributed by atoms with Crippen molar-refractivity contribution in [3.63, 3.8) is 0 Å². The lowest BCUT2D eigenvalue weighted by Crippen LogP contribution is -2.33. The topological polar surface area (TPSA) is 105 Å². The molecule has 0 fully saturated rings. The average molecular weight is 608 g/mol. The molecule has 0 amide bonds. The lowest BCUT2D eigenvalue weighted by Gasteiger charge is -2.25. The fourth-order valence-corrected chi connectivity index (χ4v) is 4.35. The van der Waals surface area contributed by atoms with E-state index in [-0.39, 0.29) is 56.0 Å². The van der Waals surface area contributed by atoms with Gasteiger partial charge in [0, 0.05) is 0 Å². The molecule has 0 saturated heterocycles. The third kappa shape index (κ3) is 8.28. The van der Waals surface area contributed by atoms with Crippen molar-refractivity contribution < 1.29 is 38.1 Å². The number of halogens is 4. The van der Waals surface area contributed by atoms with Gasteiger partial charge >= 0.3 is 11.9 Å². The van der Waals surface area contributed by atoms with E-state index in [0.29, 0.717) is 24.7 Å². The van der Waals surface area contributed by atoms with Crippen LogP contribution in [0.5, 0.6) is 0 Å². The van der Waals surface area contributed by atoms with Crippen molar-refractivity contribution in [1.29, 1.82) is 0 Å². The molecule has 2 aliphatic carbocycles. The molecule has 12 heteroatoms. The minimum Gasteiger partial charge on any atom is -0.491 e. The summed E-state index contributed by atoms with van der Waals surface area (Å²) in [5.41, 5.74) is -0.506. The van der Waals surface area contributed by atoms with Crippen molar-refractivity contribution in [3.8, 4) is 0 Å². The van der Waals surface area contributed by atoms with Crippen LogP contribution in [0.2, 0.25) is 0 Å². The van der Waals surface area contributed by atoms with Crippen LogP contribution >= 0.6 is 46.4 Å². The molecule has 0 radical (unpaired) electrons. The molecule has 0 saturated carbocycles. The fraction of sp³-hybridized carbons (Fsp3) is 0.462. The number of carbonyl (C=O) groups excluding carboxylic acids is 4. The first-order chi connectivity index (χ1) is 17.9. The third-order valence-electron chi connectivity index (χ3n) is 5.19. The second-order valence-electron chi connectivity index (χ2n) is 9.09. The molecular weight excluding hydrogens is 582 g/mol. The molecule has 0 heterocycles. The summed E-state index contributed by atoms with van der Waals surface area (Å²) in [7, 11) is 0. The van der Waals surface area contributed by atoms with Gasteiger partial charge in [-0.05, 0) is 36.8 Å². The number of hydrogen-bond donors (Lipinski definition) is 0. The van der Waals surface area contributed by atoms with Gasteiger partial charge in [-0.1, -0.05) is 74.1 Å². The number of allylic oxidation sites excluding steroid dienone is 2. The van der Waals surface area contributed by atoms with E-state index in [1.54, 1.807) is 11.9 Å². The fourth-order valence-electron chi connectivity index (χ4n) is 3.07. The van der Waals surface area contributed by atoms with E-state index in [2.05, 4.69) is 0 Å². The Morgan fingerprint density at radius 1 is 0.737 bits per heavy atom. The second-order valence-corrected chi connectivity index (χ2v) is 10.7. The highest BCUT2D eigenvalue weighted by molar-refractivity contribution is 6.38. The number of esters is 2. The summed E-state index contributed by atoms with van der Waals surface area (Å²) in [5.74, 6) is 0.716. The number of rotatable bonds is 10. The molecule has 2 atom stereocenters. The van der Waals surface area contributed by atoms with Gasteiger partial charge in [-0.3, -0.25) is 0 Å². The summed E-state index contributed by atoms with van der Waals surface area (Å²) in [6.07, 6.45) is 0.609. The maximum Gasteiger partial charge on any atom is 0.418 e. The lowest BCUT2D eigenvalue weighted by molar-refractivity contribution is -0.170. The van der Waals surface area contributed by atoms with Crippen molar-refractivity contribution in [3.05, 3.63) is 54.9 Å². The highest BCUT2D eigenvalue weighted by atomic mass is 35.5. The first-order valence-corrected chi connectivity index (χ1v) is 13.1. The third-order valence-corrected chi connectivity index (χ3v) is 6.49. The van der Waals surface area contributed by atoms with Gasteiger partial charge in [-0.15, -0.1) is 0 Å². The predicted octanol–water partition coefficient (Wildman–Crippen LogP) is 5.62. The quantitative estimate of drug-likeness (QED) is 0.179. The van der Waals surface area contributed by atoms with Crippen LogP contribution in [-0.4, -0.2) is 49.2 Å². The van der Waals surface area contributed by atoms with Gasteiger partial charge in [0.05, 0.1) is 34.4 Å². The van der Waals surface area contributed by atoms with Crippen LogP contribution in [0, 0.1) is 11.8 Å². The first kappa shape index (κ1) is 31.8. The Balaban J connectivity index is 2.22. The van der Waals surface area contributed by atoms with Crippen molar-refractivity contribution in [1.82, 2.24) is 0 Å². The van der Waals surface area contributed by atoms with Gasteiger partial charge in [0.15, 0.2) is 23.7 Å². The van der Waals surface area contributed by atoms with Crippen LogP contribution in [0.3, 0.4) is 0 Å². The molecule has 2 unspecified atom stereocenters. The van der Waals surface area contributed by atoms with Crippen molar-refractivity contribution in [2.75, 3.05) is 13.2 Å². The summed E-state index contributed by atoms with van der Waals surface area (Å²) < 4.78 is 21.5. The zero-order valence-corrected chi connectivity index (χ0v) is 24.1.